The third-order valence-corrected chi connectivity index (χ3v) is 4.27. The molecule has 0 saturated carbocycles. The van der Waals surface area contributed by atoms with Crippen molar-refractivity contribution in [2.75, 3.05) is 18.1 Å². The number of hydrogen-bond acceptors (Lipinski definition) is 3. The Morgan fingerprint density at radius 1 is 1.09 bits per heavy atom. The number of carbonyl (C=O) groups is 2. The summed E-state index contributed by atoms with van der Waals surface area (Å²) in [6, 6.07) is 7.62. The van der Waals surface area contributed by atoms with Crippen LogP contribution in [0.2, 0.25) is 0 Å². The number of aryl methyl sites for hydroxylation is 1. The van der Waals surface area contributed by atoms with Crippen LogP contribution >= 0.6 is 0 Å². The molecule has 2 aliphatic rings. The van der Waals surface area contributed by atoms with Gasteiger partial charge in [-0.3, -0.25) is 9.59 Å². The maximum Gasteiger partial charge on any atom is 0.270 e. The fourth-order valence-corrected chi connectivity index (χ4v) is 2.98. The third kappa shape index (κ3) is 2.89. The third-order valence-electron chi connectivity index (χ3n) is 4.27. The van der Waals surface area contributed by atoms with Gasteiger partial charge >= 0.3 is 0 Å². The number of likely N-dealkylation sites (tertiary alicyclic amines) is 1. The maximum absolute atomic E-state index is 12.6. The second-order valence-electron chi connectivity index (χ2n) is 5.89. The van der Waals surface area contributed by atoms with Crippen molar-refractivity contribution >= 4 is 23.2 Å². The summed E-state index contributed by atoms with van der Waals surface area (Å²) in [5.74, 6) is -0.0599. The minimum atomic E-state index is -0.0514. The Morgan fingerprint density at radius 3 is 2.55 bits per heavy atom. The molecule has 0 atom stereocenters. The summed E-state index contributed by atoms with van der Waals surface area (Å²) in [6.45, 7) is 3.55. The van der Waals surface area contributed by atoms with Gasteiger partial charge in [-0.2, -0.15) is 5.10 Å². The highest BCUT2D eigenvalue weighted by molar-refractivity contribution is 6.40. The van der Waals surface area contributed by atoms with Crippen LogP contribution in [0.4, 0.5) is 5.69 Å². The first-order valence-corrected chi connectivity index (χ1v) is 7.92. The highest BCUT2D eigenvalue weighted by Crippen LogP contribution is 2.24. The number of anilines is 1. The summed E-state index contributed by atoms with van der Waals surface area (Å²) in [6.07, 6.45) is 4.08. The molecule has 1 aromatic rings. The van der Waals surface area contributed by atoms with Gasteiger partial charge in [-0.25, -0.2) is 5.01 Å². The number of benzene rings is 1. The van der Waals surface area contributed by atoms with Crippen molar-refractivity contribution in [1.82, 2.24) is 4.90 Å². The minimum absolute atomic E-state index is 0.00853. The molecule has 0 N–H and O–H groups in total. The van der Waals surface area contributed by atoms with Gasteiger partial charge in [-0.05, 0) is 37.8 Å². The van der Waals surface area contributed by atoms with Crippen LogP contribution in [-0.2, 0) is 9.59 Å². The van der Waals surface area contributed by atoms with Gasteiger partial charge < -0.3 is 4.90 Å². The lowest BCUT2D eigenvalue weighted by atomic mass is 10.1. The van der Waals surface area contributed by atoms with Crippen molar-refractivity contribution in [2.45, 2.75) is 39.0 Å². The van der Waals surface area contributed by atoms with Crippen LogP contribution in [-0.4, -0.2) is 35.5 Å². The van der Waals surface area contributed by atoms with E-state index in [2.05, 4.69) is 5.10 Å². The molecular weight excluding hydrogens is 278 g/mol. The Balaban J connectivity index is 1.86. The predicted octanol–water partition coefficient (Wildman–Crippen LogP) is 2.49. The van der Waals surface area contributed by atoms with Gasteiger partial charge in [0, 0.05) is 25.9 Å². The van der Waals surface area contributed by atoms with E-state index in [9.17, 15) is 9.59 Å². The van der Waals surface area contributed by atoms with E-state index in [-0.39, 0.29) is 11.8 Å². The molecule has 3 rings (SSSR count). The number of carbonyl (C=O) groups excluding carboxylic acids is 2. The normalized spacial score (nSPS) is 19.1. The fraction of sp³-hybridized carbons (Fsp3) is 0.471. The largest absolute Gasteiger partial charge is 0.338 e. The van der Waals surface area contributed by atoms with Crippen LogP contribution in [0.5, 0.6) is 0 Å². The highest BCUT2D eigenvalue weighted by atomic mass is 16.2. The van der Waals surface area contributed by atoms with Crippen molar-refractivity contribution in [3.05, 3.63) is 29.8 Å². The Bertz CT molecular complexity index is 618. The van der Waals surface area contributed by atoms with Gasteiger partial charge in [0.2, 0.25) is 5.91 Å². The van der Waals surface area contributed by atoms with E-state index in [0.29, 0.717) is 18.6 Å². The standard InChI is InChI=1S/C17H21N3O2/c1-13-7-3-4-8-15(13)20-16(21)10-9-14(18-20)17(22)19-11-5-2-6-12-19/h3-4,7-8H,2,5-6,9-12H2,1H3. The van der Waals surface area contributed by atoms with Crippen molar-refractivity contribution in [1.29, 1.82) is 0 Å². The summed E-state index contributed by atoms with van der Waals surface area (Å²) in [5.41, 5.74) is 2.24. The summed E-state index contributed by atoms with van der Waals surface area (Å²) < 4.78 is 0. The van der Waals surface area contributed by atoms with Crippen LogP contribution < -0.4 is 5.01 Å². The monoisotopic (exact) mass is 299 g/mol. The van der Waals surface area contributed by atoms with Crippen molar-refractivity contribution in [2.24, 2.45) is 5.10 Å². The average Bonchev–Trinajstić information content (AvgIpc) is 2.56. The number of para-hydroxylation sites is 1. The fourth-order valence-electron chi connectivity index (χ4n) is 2.98. The molecule has 5 heteroatoms. The number of amides is 2. The highest BCUT2D eigenvalue weighted by Gasteiger charge is 2.29. The molecule has 0 aromatic heterocycles. The molecule has 1 saturated heterocycles. The van der Waals surface area contributed by atoms with E-state index in [1.807, 2.05) is 36.1 Å². The first-order valence-electron chi connectivity index (χ1n) is 7.92. The predicted molar refractivity (Wildman–Crippen MR) is 85.8 cm³/mol. The number of piperidine rings is 1. The Kier molecular flexibility index (Phi) is 4.22. The SMILES string of the molecule is Cc1ccccc1N1N=C(C(=O)N2CCCCC2)CCC1=O. The number of rotatable bonds is 2. The van der Waals surface area contributed by atoms with E-state index in [0.717, 1.165) is 37.2 Å². The zero-order chi connectivity index (χ0) is 15.5. The van der Waals surface area contributed by atoms with Gasteiger partial charge in [0.1, 0.15) is 5.71 Å². The summed E-state index contributed by atoms with van der Waals surface area (Å²) in [4.78, 5) is 26.6. The van der Waals surface area contributed by atoms with Gasteiger partial charge in [0.15, 0.2) is 0 Å². The van der Waals surface area contributed by atoms with E-state index in [1.165, 1.54) is 11.4 Å². The van der Waals surface area contributed by atoms with Crippen molar-refractivity contribution in [3.8, 4) is 0 Å². The molecule has 0 aliphatic carbocycles. The molecule has 5 nitrogen and oxygen atoms in total. The van der Waals surface area contributed by atoms with Crippen LogP contribution in [0.1, 0.15) is 37.7 Å². The van der Waals surface area contributed by atoms with Crippen molar-refractivity contribution < 1.29 is 9.59 Å². The quantitative estimate of drug-likeness (QED) is 0.842. The Hall–Kier alpha value is -2.17. The summed E-state index contributed by atoms with van der Waals surface area (Å²) in [7, 11) is 0. The maximum atomic E-state index is 12.6. The van der Waals surface area contributed by atoms with E-state index >= 15 is 0 Å². The molecule has 0 spiro atoms. The van der Waals surface area contributed by atoms with Crippen LogP contribution in [0, 0.1) is 6.92 Å². The molecule has 2 aliphatic heterocycles. The molecule has 0 bridgehead atoms. The molecule has 116 valence electrons. The molecule has 1 aromatic carbocycles. The molecule has 22 heavy (non-hydrogen) atoms. The number of hydrazone groups is 1. The van der Waals surface area contributed by atoms with Gasteiger partial charge in [-0.1, -0.05) is 18.2 Å². The summed E-state index contributed by atoms with van der Waals surface area (Å²) in [5, 5.41) is 5.78. The number of hydrogen-bond donors (Lipinski definition) is 0. The lowest BCUT2D eigenvalue weighted by molar-refractivity contribution is -0.125. The van der Waals surface area contributed by atoms with Crippen LogP contribution in [0.3, 0.4) is 0 Å². The van der Waals surface area contributed by atoms with E-state index in [4.69, 9.17) is 0 Å². The van der Waals surface area contributed by atoms with E-state index < -0.39 is 0 Å². The van der Waals surface area contributed by atoms with Crippen LogP contribution in [0.15, 0.2) is 29.4 Å². The smallest absolute Gasteiger partial charge is 0.270 e. The second-order valence-corrected chi connectivity index (χ2v) is 5.89. The van der Waals surface area contributed by atoms with Gasteiger partial charge in [0.25, 0.3) is 5.91 Å². The molecular formula is C17H21N3O2. The molecule has 1 fully saturated rings. The van der Waals surface area contributed by atoms with Gasteiger partial charge in [0.05, 0.1) is 5.69 Å². The zero-order valence-corrected chi connectivity index (χ0v) is 12.9. The van der Waals surface area contributed by atoms with Crippen molar-refractivity contribution in [3.63, 3.8) is 0 Å². The lowest BCUT2D eigenvalue weighted by Gasteiger charge is -2.30. The summed E-state index contributed by atoms with van der Waals surface area (Å²) >= 11 is 0. The number of nitrogens with zero attached hydrogens (tertiary/aromatic N) is 3. The lowest BCUT2D eigenvalue weighted by Crippen LogP contribution is -2.43. The first-order chi connectivity index (χ1) is 10.7. The Morgan fingerprint density at radius 2 is 1.82 bits per heavy atom. The molecule has 0 radical (unpaired) electrons. The minimum Gasteiger partial charge on any atom is -0.338 e. The second kappa shape index (κ2) is 6.30. The Labute approximate surface area is 130 Å². The van der Waals surface area contributed by atoms with Gasteiger partial charge in [-0.15, -0.1) is 0 Å². The molecule has 2 heterocycles. The topological polar surface area (TPSA) is 53.0 Å². The van der Waals surface area contributed by atoms with E-state index in [1.54, 1.807) is 0 Å². The first kappa shape index (κ1) is 14.8. The van der Waals surface area contributed by atoms with Crippen LogP contribution in [0.25, 0.3) is 0 Å². The zero-order valence-electron chi connectivity index (χ0n) is 12.9. The molecule has 2 amide bonds. The average molecular weight is 299 g/mol. The molecule has 0 unspecified atom stereocenters.